The third kappa shape index (κ3) is 3.36. The Labute approximate surface area is 152 Å². The van der Waals surface area contributed by atoms with Crippen molar-refractivity contribution in [2.45, 2.75) is 30.6 Å². The topological polar surface area (TPSA) is 96.6 Å². The van der Waals surface area contributed by atoms with Gasteiger partial charge in [-0.2, -0.15) is 4.98 Å². The molecule has 2 aromatic rings. The number of benzene rings is 1. The van der Waals surface area contributed by atoms with E-state index >= 15 is 0 Å². The molecule has 1 aromatic heterocycles. The smallest absolute Gasteiger partial charge is 0.253 e. The lowest BCUT2D eigenvalue weighted by molar-refractivity contribution is 0.0569. The molecule has 0 spiro atoms. The Morgan fingerprint density at radius 1 is 1.23 bits per heavy atom. The SMILES string of the molecule is CC(C)c1noc(C2CN(C(=O)c3ccc(S(=O)(=O)N(C)C)cc3)C2)n1. The second kappa shape index (κ2) is 6.81. The predicted octanol–water partition coefficient (Wildman–Crippen LogP) is 1.68. The number of hydrogen-bond acceptors (Lipinski definition) is 6. The summed E-state index contributed by atoms with van der Waals surface area (Å²) in [5, 5.41) is 3.94. The second-order valence-electron chi connectivity index (χ2n) is 6.86. The number of sulfonamides is 1. The van der Waals surface area contributed by atoms with Gasteiger partial charge in [0.15, 0.2) is 5.82 Å². The zero-order valence-corrected chi connectivity index (χ0v) is 16.0. The summed E-state index contributed by atoms with van der Waals surface area (Å²) in [6.07, 6.45) is 0. The highest BCUT2D eigenvalue weighted by Crippen LogP contribution is 2.28. The first-order chi connectivity index (χ1) is 12.2. The maximum Gasteiger partial charge on any atom is 0.253 e. The minimum Gasteiger partial charge on any atom is -0.339 e. The summed E-state index contributed by atoms with van der Waals surface area (Å²) in [4.78, 5) is 18.7. The molecule has 1 fully saturated rings. The highest BCUT2D eigenvalue weighted by Gasteiger charge is 2.36. The third-order valence-electron chi connectivity index (χ3n) is 4.37. The highest BCUT2D eigenvalue weighted by molar-refractivity contribution is 7.89. The van der Waals surface area contributed by atoms with Crippen LogP contribution in [0.1, 0.15) is 47.8 Å². The molecule has 3 rings (SSSR count). The van der Waals surface area contributed by atoms with Crippen LogP contribution in [-0.4, -0.2) is 60.9 Å². The molecule has 0 saturated carbocycles. The maximum atomic E-state index is 12.5. The lowest BCUT2D eigenvalue weighted by Crippen LogP contribution is -2.48. The molecule has 0 atom stereocenters. The first-order valence-corrected chi connectivity index (χ1v) is 9.79. The van der Waals surface area contributed by atoms with Crippen molar-refractivity contribution in [1.82, 2.24) is 19.3 Å². The van der Waals surface area contributed by atoms with E-state index in [-0.39, 0.29) is 22.6 Å². The molecule has 1 amide bonds. The first kappa shape index (κ1) is 18.5. The normalized spacial score (nSPS) is 15.5. The Balaban J connectivity index is 1.64. The molecule has 1 aliphatic rings. The third-order valence-corrected chi connectivity index (χ3v) is 6.20. The van der Waals surface area contributed by atoms with Gasteiger partial charge < -0.3 is 9.42 Å². The van der Waals surface area contributed by atoms with E-state index in [2.05, 4.69) is 10.1 Å². The van der Waals surface area contributed by atoms with Gasteiger partial charge in [0.05, 0.1) is 10.8 Å². The summed E-state index contributed by atoms with van der Waals surface area (Å²) in [7, 11) is -0.562. The van der Waals surface area contributed by atoms with E-state index in [1.807, 2.05) is 13.8 Å². The van der Waals surface area contributed by atoms with E-state index in [9.17, 15) is 13.2 Å². The van der Waals surface area contributed by atoms with Crippen molar-refractivity contribution in [1.29, 1.82) is 0 Å². The van der Waals surface area contributed by atoms with Gasteiger partial charge in [-0.3, -0.25) is 4.79 Å². The largest absolute Gasteiger partial charge is 0.339 e. The van der Waals surface area contributed by atoms with Crippen LogP contribution >= 0.6 is 0 Å². The van der Waals surface area contributed by atoms with Crippen molar-refractivity contribution < 1.29 is 17.7 Å². The monoisotopic (exact) mass is 378 g/mol. The van der Waals surface area contributed by atoms with E-state index in [1.54, 1.807) is 4.90 Å². The first-order valence-electron chi connectivity index (χ1n) is 8.35. The molecule has 0 aliphatic carbocycles. The summed E-state index contributed by atoms with van der Waals surface area (Å²) >= 11 is 0. The molecular weight excluding hydrogens is 356 g/mol. The minimum atomic E-state index is -3.50. The van der Waals surface area contributed by atoms with Crippen LogP contribution in [-0.2, 0) is 10.0 Å². The quantitative estimate of drug-likeness (QED) is 0.785. The molecule has 1 aromatic carbocycles. The Bertz CT molecular complexity index is 897. The fraction of sp³-hybridized carbons (Fsp3) is 0.471. The van der Waals surface area contributed by atoms with Crippen molar-refractivity contribution in [3.05, 3.63) is 41.5 Å². The van der Waals surface area contributed by atoms with Gasteiger partial charge in [-0.25, -0.2) is 12.7 Å². The molecule has 9 heteroatoms. The van der Waals surface area contributed by atoms with Crippen LogP contribution in [0, 0.1) is 0 Å². The van der Waals surface area contributed by atoms with Gasteiger partial charge in [-0.15, -0.1) is 0 Å². The van der Waals surface area contributed by atoms with Gasteiger partial charge in [0, 0.05) is 38.7 Å². The van der Waals surface area contributed by atoms with Crippen LogP contribution in [0.15, 0.2) is 33.7 Å². The number of hydrogen-bond donors (Lipinski definition) is 0. The Morgan fingerprint density at radius 3 is 2.35 bits per heavy atom. The number of carbonyl (C=O) groups is 1. The van der Waals surface area contributed by atoms with Crippen molar-refractivity contribution in [3.63, 3.8) is 0 Å². The Hall–Kier alpha value is -2.26. The van der Waals surface area contributed by atoms with Gasteiger partial charge in [-0.1, -0.05) is 19.0 Å². The maximum absolute atomic E-state index is 12.5. The molecule has 8 nitrogen and oxygen atoms in total. The predicted molar refractivity (Wildman–Crippen MR) is 94.3 cm³/mol. The van der Waals surface area contributed by atoms with E-state index in [0.29, 0.717) is 30.4 Å². The van der Waals surface area contributed by atoms with Crippen LogP contribution in [0.5, 0.6) is 0 Å². The molecule has 0 N–H and O–H groups in total. The van der Waals surface area contributed by atoms with Crippen molar-refractivity contribution in [2.75, 3.05) is 27.2 Å². The zero-order valence-electron chi connectivity index (χ0n) is 15.2. The van der Waals surface area contributed by atoms with Crippen molar-refractivity contribution in [2.24, 2.45) is 0 Å². The van der Waals surface area contributed by atoms with Gasteiger partial charge >= 0.3 is 0 Å². The second-order valence-corrected chi connectivity index (χ2v) is 9.02. The summed E-state index contributed by atoms with van der Waals surface area (Å²) in [6.45, 7) is 5.00. The lowest BCUT2D eigenvalue weighted by atomic mass is 9.98. The fourth-order valence-electron chi connectivity index (χ4n) is 2.61. The molecule has 1 saturated heterocycles. The summed E-state index contributed by atoms with van der Waals surface area (Å²) < 4.78 is 30.5. The zero-order chi connectivity index (χ0) is 19.1. The highest BCUT2D eigenvalue weighted by atomic mass is 32.2. The van der Waals surface area contributed by atoms with Gasteiger partial charge in [0.25, 0.3) is 5.91 Å². The fourth-order valence-corrected chi connectivity index (χ4v) is 3.51. The molecule has 0 radical (unpaired) electrons. The van der Waals surface area contributed by atoms with Crippen LogP contribution in [0.25, 0.3) is 0 Å². The number of rotatable bonds is 5. The van der Waals surface area contributed by atoms with E-state index < -0.39 is 10.0 Å². The van der Waals surface area contributed by atoms with Gasteiger partial charge in [0.2, 0.25) is 15.9 Å². The van der Waals surface area contributed by atoms with E-state index in [0.717, 1.165) is 4.31 Å². The summed E-state index contributed by atoms with van der Waals surface area (Å²) in [6, 6.07) is 5.98. The molecule has 1 aliphatic heterocycles. The van der Waals surface area contributed by atoms with Crippen LogP contribution in [0.2, 0.25) is 0 Å². The van der Waals surface area contributed by atoms with Gasteiger partial charge in [-0.05, 0) is 24.3 Å². The molecule has 2 heterocycles. The van der Waals surface area contributed by atoms with Crippen LogP contribution < -0.4 is 0 Å². The summed E-state index contributed by atoms with van der Waals surface area (Å²) in [5.41, 5.74) is 0.453. The Kier molecular flexibility index (Phi) is 4.85. The molecule has 0 bridgehead atoms. The average molecular weight is 378 g/mol. The van der Waals surface area contributed by atoms with Crippen LogP contribution in [0.4, 0.5) is 0 Å². The number of carbonyl (C=O) groups excluding carboxylic acids is 1. The number of amides is 1. The van der Waals surface area contributed by atoms with Crippen molar-refractivity contribution in [3.8, 4) is 0 Å². The molecule has 26 heavy (non-hydrogen) atoms. The Morgan fingerprint density at radius 2 is 1.85 bits per heavy atom. The van der Waals surface area contributed by atoms with Crippen molar-refractivity contribution >= 4 is 15.9 Å². The minimum absolute atomic E-state index is 0.0485. The van der Waals surface area contributed by atoms with Gasteiger partial charge in [0.1, 0.15) is 0 Å². The van der Waals surface area contributed by atoms with E-state index in [4.69, 9.17) is 4.52 Å². The molecule has 0 unspecified atom stereocenters. The van der Waals surface area contributed by atoms with E-state index in [1.165, 1.54) is 38.4 Å². The number of aromatic nitrogens is 2. The standard InChI is InChI=1S/C17H22N4O4S/c1-11(2)15-18-16(25-19-15)13-9-21(10-13)17(22)12-5-7-14(8-6-12)26(23,24)20(3)4/h5-8,11,13H,9-10H2,1-4H3. The summed E-state index contributed by atoms with van der Waals surface area (Å²) in [5.74, 6) is 1.33. The number of likely N-dealkylation sites (tertiary alicyclic amines) is 1. The molecule has 140 valence electrons. The molecular formula is C17H22N4O4S. The lowest BCUT2D eigenvalue weighted by Gasteiger charge is -2.37. The average Bonchev–Trinajstić information content (AvgIpc) is 3.03. The number of nitrogens with zero attached hydrogens (tertiary/aromatic N) is 4. The van der Waals surface area contributed by atoms with Crippen LogP contribution in [0.3, 0.4) is 0 Å².